The van der Waals surface area contributed by atoms with E-state index in [1.807, 2.05) is 27.7 Å². The van der Waals surface area contributed by atoms with Gasteiger partial charge >= 0.3 is 89.5 Å². The van der Waals surface area contributed by atoms with Crippen molar-refractivity contribution in [3.8, 4) is 11.8 Å². The average Bonchev–Trinajstić information content (AvgIpc) is 0.794. The Labute approximate surface area is 897 Å². The molecule has 0 aliphatic carbocycles. The minimum Gasteiger partial charge on any atom is -0.382 e. The van der Waals surface area contributed by atoms with Crippen molar-refractivity contribution in [2.75, 3.05) is 26.4 Å². The van der Waals surface area contributed by atoms with Crippen molar-refractivity contribution in [1.29, 1.82) is 0 Å². The van der Waals surface area contributed by atoms with Crippen molar-refractivity contribution in [3.63, 3.8) is 0 Å². The molecule has 17 aromatic rings. The maximum Gasteiger partial charge on any atom is 1.00 e. The SMILES string of the molecule is CCOCC.CCOCC.[Ag+].[Ag+].[Au+].[Au+].[C-]#Cc1ccc(C=O)cc1.[C-]#Cc1ccc(C=O)cc1.[O-][Cl+3]([O-])([O-])[O-].[O-][Cl+3]([O-])([O-])[O-].c1ccc([PH+](c2ccccc2)c2cccc([PH+](c3ccccc3)c3ccccc3)n2)cc1.c1ccc([PH+](c2ccccc2)c2cccc([PH+](c3ccccc3)c3ccccc3)n2)cc1.c1ccc([PH+](c2ccccc2)c2cccc([PH+](c3ccccc3)c3ccccc3)n2)cc1. The van der Waals surface area contributed by atoms with Crippen molar-refractivity contribution in [2.45, 2.75) is 27.7 Å². The van der Waals surface area contributed by atoms with Gasteiger partial charge in [0.1, 0.15) is 124 Å². The van der Waals surface area contributed by atoms with Gasteiger partial charge in [-0.3, -0.25) is 21.4 Å². The summed E-state index contributed by atoms with van der Waals surface area (Å²) in [7, 11) is -17.0. The maximum atomic E-state index is 10.1. The van der Waals surface area contributed by atoms with Gasteiger partial charge in [-0.25, -0.2) is 37.3 Å². The van der Waals surface area contributed by atoms with Gasteiger partial charge in [-0.15, -0.1) is 55.9 Å². The number of nitrogens with zero attached hydrogens (tertiary/aromatic N) is 3. The number of aromatic nitrogens is 3. The number of pyridine rings is 3. The summed E-state index contributed by atoms with van der Waals surface area (Å²) in [6.07, 6.45) is 15.0. The van der Waals surface area contributed by atoms with E-state index in [4.69, 9.17) is 74.5 Å². The summed E-state index contributed by atoms with van der Waals surface area (Å²) >= 11 is 0. The predicted molar refractivity (Wildman–Crippen MR) is 554 cm³/mol. The number of hydrogen-bond donors (Lipinski definition) is 0. The fourth-order valence-corrected chi connectivity index (χ4v) is 29.0. The smallest absolute Gasteiger partial charge is 0.382 e. The number of carbonyl (C=O) groups is 2. The van der Waals surface area contributed by atoms with E-state index >= 15 is 0 Å². The van der Waals surface area contributed by atoms with Gasteiger partial charge in [-0.05, 0) is 173 Å². The van der Waals surface area contributed by atoms with Gasteiger partial charge in [0.15, 0.2) is 32.6 Å². The van der Waals surface area contributed by atoms with Gasteiger partial charge in [-0.1, -0.05) is 261 Å². The number of hydrogen-bond acceptors (Lipinski definition) is 15. The molecule has 3 heterocycles. The summed E-state index contributed by atoms with van der Waals surface area (Å²) in [4.78, 5) is 36.4. The van der Waals surface area contributed by atoms with Gasteiger partial charge in [0, 0.05) is 74.0 Å². The maximum absolute atomic E-state index is 10.1. The van der Waals surface area contributed by atoms with Crippen molar-refractivity contribution in [2.24, 2.45) is 0 Å². The predicted octanol–water partition coefficient (Wildman–Crippen LogP) is 7.63. The third-order valence-corrected chi connectivity index (χ3v) is 35.4. The summed E-state index contributed by atoms with van der Waals surface area (Å²) in [5.41, 5.74) is 9.78. The van der Waals surface area contributed by atoms with E-state index in [0.717, 1.165) is 39.0 Å². The molecule has 0 aliphatic rings. The number of benzene rings is 14. The molecule has 17 rings (SSSR count). The number of halogens is 2. The number of aldehydes is 2. The van der Waals surface area contributed by atoms with Crippen LogP contribution in [0.3, 0.4) is 0 Å². The Morgan fingerprint density at radius 2 is 0.350 bits per heavy atom. The fourth-order valence-electron chi connectivity index (χ4n) is 13.9. The van der Waals surface area contributed by atoms with Crippen LogP contribution in [-0.2, 0) is 99.0 Å². The summed E-state index contributed by atoms with van der Waals surface area (Å²) in [6.45, 7) is 11.3. The van der Waals surface area contributed by atoms with E-state index < -0.39 is 68.0 Å². The molecule has 0 atom stereocenters. The number of rotatable bonds is 24. The molecule has 0 amide bonds. The van der Waals surface area contributed by atoms with Crippen LogP contribution in [0.5, 0.6) is 0 Å². The van der Waals surface area contributed by atoms with Crippen LogP contribution in [0.1, 0.15) is 59.5 Å². The van der Waals surface area contributed by atoms with Gasteiger partial charge < -0.3 is 22.3 Å². The molecule has 27 heteroatoms. The topological polar surface area (TPSA) is 276 Å². The van der Waals surface area contributed by atoms with Crippen LogP contribution in [-0.4, -0.2) is 54.0 Å². The Bertz CT molecular complexity index is 5210. The first-order valence-corrected chi connectivity index (χ1v) is 54.9. The van der Waals surface area contributed by atoms with Crippen LogP contribution < -0.4 is 134 Å². The zero-order chi connectivity index (χ0) is 96.8. The van der Waals surface area contributed by atoms with E-state index in [-0.39, 0.29) is 89.5 Å². The first-order chi connectivity index (χ1) is 66.3. The Kier molecular flexibility index (Phi) is 59.6. The normalized spacial score (nSPS) is 10.2. The van der Waals surface area contributed by atoms with Crippen LogP contribution >= 0.6 is 47.5 Å². The summed E-state index contributed by atoms with van der Waals surface area (Å²) < 4.78 is 77.6. The average molecular weight is 2560 g/mol. The molecule has 0 bridgehead atoms. The molecule has 140 heavy (non-hydrogen) atoms. The van der Waals surface area contributed by atoms with Crippen LogP contribution in [0, 0.1) is 45.2 Å². The first kappa shape index (κ1) is 121. The van der Waals surface area contributed by atoms with Gasteiger partial charge in [0.25, 0.3) is 0 Å². The molecule has 0 saturated heterocycles. The Balaban J connectivity index is 0.000000305. The van der Waals surface area contributed by atoms with Gasteiger partial charge in [0.2, 0.25) is 0 Å². The molecule has 726 valence electrons. The van der Waals surface area contributed by atoms with Crippen molar-refractivity contribution in [1.82, 2.24) is 15.0 Å². The van der Waals surface area contributed by atoms with Crippen molar-refractivity contribution >= 4 is 156 Å². The monoisotopic (exact) mass is 2560 g/mol. The molecular formula is C113H105Ag2Au2Cl2N3O12P6+6. The van der Waals surface area contributed by atoms with Crippen molar-refractivity contribution < 1.29 is 166 Å². The molecule has 15 nitrogen and oxygen atoms in total. The Hall–Kier alpha value is -9.29. The van der Waals surface area contributed by atoms with E-state index in [1.54, 1.807) is 48.5 Å². The largest absolute Gasteiger partial charge is 1.00 e. The van der Waals surface area contributed by atoms with Crippen LogP contribution in [0.4, 0.5) is 0 Å². The molecule has 0 spiro atoms. The third-order valence-electron chi connectivity index (χ3n) is 19.7. The summed E-state index contributed by atoms with van der Waals surface area (Å²) in [6, 6.07) is 163. The van der Waals surface area contributed by atoms with E-state index in [9.17, 15) is 9.59 Å². The van der Waals surface area contributed by atoms with Crippen LogP contribution in [0.15, 0.2) is 467 Å². The quantitative estimate of drug-likeness (QED) is 0.0185. The molecule has 0 saturated carbocycles. The van der Waals surface area contributed by atoms with Gasteiger partial charge in [0.05, 0.1) is 0 Å². The molecular weight excluding hydrogens is 2460 g/mol. The van der Waals surface area contributed by atoms with Crippen molar-refractivity contribution in [3.05, 3.63) is 502 Å². The molecule has 0 fully saturated rings. The Morgan fingerprint density at radius 3 is 0.443 bits per heavy atom. The molecule has 0 unspecified atom stereocenters. The zero-order valence-electron chi connectivity index (χ0n) is 76.6. The second-order valence-corrected chi connectivity index (χ2v) is 44.9. The molecule has 0 N–H and O–H groups in total. The van der Waals surface area contributed by atoms with Crippen LogP contribution in [0.2, 0.25) is 0 Å². The van der Waals surface area contributed by atoms with Crippen LogP contribution in [0.25, 0.3) is 0 Å². The van der Waals surface area contributed by atoms with E-state index in [0.29, 0.717) is 22.3 Å². The minimum atomic E-state index is -4.94. The minimum absolute atomic E-state index is 0. The number of carbonyl (C=O) groups excluding carboxylic acids is 2. The second-order valence-electron chi connectivity index (χ2n) is 28.9. The zero-order valence-corrected chi connectivity index (χ0v) is 91.5. The second kappa shape index (κ2) is 68.8. The molecule has 0 aliphatic heterocycles. The number of ether oxygens (including phenoxy) is 2. The first-order valence-electron chi connectivity index (χ1n) is 43.4. The fraction of sp³-hybridized carbons (Fsp3) is 0.0708. The molecule has 0 radical (unpaired) electrons. The summed E-state index contributed by atoms with van der Waals surface area (Å²) in [5.74, 6) is 4.42. The third kappa shape index (κ3) is 43.1. The summed E-state index contributed by atoms with van der Waals surface area (Å²) in [5, 5.41) is 16.4. The molecule has 14 aromatic carbocycles. The van der Waals surface area contributed by atoms with E-state index in [2.05, 4.69) is 430 Å². The standard InChI is InChI=1S/3C29H23NP2.2C9H5O.2C4H10O.2Ag.2Au.2ClHO4/c3*1-5-14-24(15-6-1)31(25-16-7-2-8-17-25)28-22-13-23-29(30-28)32(26-18-9-3-10-19-26)27-20-11-4-12-21-27;2*1-2-8-3-5-9(7-10)6-4-8;2*1-3-5-4-2;;;;;2*2-1(3,4)5/h3*1-23H;2*3-7H;2*3-4H2,1-2H3;;;;;2*(H,2,3,4,5)/q;;;2*-1;;;4*+1;;/p+4. The van der Waals surface area contributed by atoms with Gasteiger partial charge in [-0.2, -0.15) is 15.0 Å². The molecule has 3 aromatic heterocycles. The Morgan fingerprint density at radius 1 is 0.229 bits per heavy atom. The van der Waals surface area contributed by atoms with E-state index in [1.165, 1.54) is 96.3 Å².